The second-order valence-electron chi connectivity index (χ2n) is 6.04. The first-order valence-electron chi connectivity index (χ1n) is 8.85. The van der Waals surface area contributed by atoms with Gasteiger partial charge >= 0.3 is 0 Å². The zero-order valence-electron chi connectivity index (χ0n) is 15.2. The molecule has 7 heteroatoms. The number of fused-ring (bicyclic) bond motifs is 1. The maximum Gasteiger partial charge on any atom is 0.271 e. The lowest BCUT2D eigenvalue weighted by Crippen LogP contribution is -2.22. The smallest absolute Gasteiger partial charge is 0.268 e. The number of amides is 1. The van der Waals surface area contributed by atoms with Gasteiger partial charge in [-0.2, -0.15) is 5.10 Å². The Labute approximate surface area is 170 Å². The zero-order valence-corrected chi connectivity index (χ0v) is 16.0. The van der Waals surface area contributed by atoms with Crippen LogP contribution in [0.3, 0.4) is 0 Å². The quantitative estimate of drug-likeness (QED) is 0.315. The Balaban J connectivity index is 1.69. The summed E-state index contributed by atoms with van der Waals surface area (Å²) in [6.45, 7) is 0. The van der Waals surface area contributed by atoms with Crippen LogP contribution in [0.5, 0.6) is 0 Å². The molecule has 0 aliphatic heterocycles. The van der Waals surface area contributed by atoms with Gasteiger partial charge in [-0.15, -0.1) is 0 Å². The van der Waals surface area contributed by atoms with E-state index in [9.17, 15) is 9.59 Å². The van der Waals surface area contributed by atoms with Crippen molar-refractivity contribution in [3.8, 4) is 0 Å². The van der Waals surface area contributed by atoms with Gasteiger partial charge in [0.05, 0.1) is 11.8 Å². The van der Waals surface area contributed by atoms with Crippen LogP contribution < -0.4 is 11.0 Å². The van der Waals surface area contributed by atoms with Gasteiger partial charge in [-0.25, -0.2) is 10.4 Å². The molecule has 0 aliphatic rings. The summed E-state index contributed by atoms with van der Waals surface area (Å²) in [5, 5.41) is 4.52. The lowest BCUT2D eigenvalue weighted by atomic mass is 10.2. The average Bonchev–Trinajstić information content (AvgIpc) is 2.77. The molecule has 1 N–H and O–H groups in total. The van der Waals surface area contributed by atoms with E-state index in [0.29, 0.717) is 21.8 Å². The third-order valence-corrected chi connectivity index (χ3v) is 5.10. The van der Waals surface area contributed by atoms with Crippen LogP contribution in [0.1, 0.15) is 15.9 Å². The highest BCUT2D eigenvalue weighted by molar-refractivity contribution is 7.99. The maximum atomic E-state index is 13.0. The Morgan fingerprint density at radius 2 is 1.66 bits per heavy atom. The monoisotopic (exact) mass is 400 g/mol. The third-order valence-electron chi connectivity index (χ3n) is 4.09. The Hall–Kier alpha value is -3.71. The molecule has 142 valence electrons. The van der Waals surface area contributed by atoms with Crippen LogP contribution in [0.15, 0.2) is 105 Å². The molecule has 6 nitrogen and oxygen atoms in total. The van der Waals surface area contributed by atoms with Crippen LogP contribution in [-0.2, 0) is 0 Å². The lowest BCUT2D eigenvalue weighted by Gasteiger charge is -2.08. The summed E-state index contributed by atoms with van der Waals surface area (Å²) in [7, 11) is 0. The molecule has 2 aromatic heterocycles. The number of hydrogen-bond donors (Lipinski definition) is 1. The van der Waals surface area contributed by atoms with Gasteiger partial charge in [-0.1, -0.05) is 54.2 Å². The lowest BCUT2D eigenvalue weighted by molar-refractivity contribution is 0.0955. The first-order valence-corrected chi connectivity index (χ1v) is 9.67. The number of rotatable bonds is 5. The molecule has 4 aromatic rings. The number of nitrogens with one attached hydrogen (secondary N) is 1. The van der Waals surface area contributed by atoms with Crippen molar-refractivity contribution < 1.29 is 4.79 Å². The topological polar surface area (TPSA) is 75.8 Å². The molecule has 0 bridgehead atoms. The van der Waals surface area contributed by atoms with Crippen molar-refractivity contribution >= 4 is 29.5 Å². The van der Waals surface area contributed by atoms with E-state index in [1.807, 2.05) is 42.5 Å². The molecule has 29 heavy (non-hydrogen) atoms. The standard InChI is InChI=1S/C22H16N4O2S/c27-20(16-9-3-1-4-10-16)25-23-15-18-21(29-17-11-5-2-6-12-17)24-19-13-7-8-14-26(19)22(18)28/h1-15H,(H,25,27). The van der Waals surface area contributed by atoms with E-state index in [1.165, 1.54) is 22.4 Å². The van der Waals surface area contributed by atoms with E-state index in [4.69, 9.17) is 0 Å². The normalized spacial score (nSPS) is 11.0. The van der Waals surface area contributed by atoms with Crippen LogP contribution in [0, 0.1) is 0 Å². The molecule has 0 saturated heterocycles. The Morgan fingerprint density at radius 1 is 0.966 bits per heavy atom. The molecule has 0 spiro atoms. The molecule has 1 amide bonds. The van der Waals surface area contributed by atoms with Gasteiger partial charge in [0.1, 0.15) is 10.7 Å². The summed E-state index contributed by atoms with van der Waals surface area (Å²) < 4.78 is 1.45. The predicted octanol–water partition coefficient (Wildman–Crippen LogP) is 3.61. The fraction of sp³-hybridized carbons (Fsp3) is 0. The summed E-state index contributed by atoms with van der Waals surface area (Å²) in [6, 6.07) is 23.8. The number of carbonyl (C=O) groups is 1. The molecular formula is C22H16N4O2S. The average molecular weight is 400 g/mol. The fourth-order valence-electron chi connectivity index (χ4n) is 2.68. The van der Waals surface area contributed by atoms with E-state index in [1.54, 1.807) is 42.6 Å². The van der Waals surface area contributed by atoms with E-state index >= 15 is 0 Å². The van der Waals surface area contributed by atoms with E-state index in [2.05, 4.69) is 15.5 Å². The Kier molecular flexibility index (Phi) is 5.49. The first-order chi connectivity index (χ1) is 14.2. The van der Waals surface area contributed by atoms with Crippen LogP contribution in [-0.4, -0.2) is 21.5 Å². The van der Waals surface area contributed by atoms with Gasteiger partial charge in [0.25, 0.3) is 11.5 Å². The summed E-state index contributed by atoms with van der Waals surface area (Å²) in [5.74, 6) is -0.354. The predicted molar refractivity (Wildman–Crippen MR) is 114 cm³/mol. The number of benzene rings is 2. The first kappa shape index (κ1) is 18.6. The highest BCUT2D eigenvalue weighted by Crippen LogP contribution is 2.27. The largest absolute Gasteiger partial charge is 0.271 e. The van der Waals surface area contributed by atoms with Gasteiger partial charge in [0.2, 0.25) is 0 Å². The molecule has 2 heterocycles. The number of hydrazone groups is 1. The molecule has 0 aliphatic carbocycles. The van der Waals surface area contributed by atoms with E-state index in [-0.39, 0.29) is 11.5 Å². The zero-order chi connectivity index (χ0) is 20.1. The summed E-state index contributed by atoms with van der Waals surface area (Å²) in [4.78, 5) is 30.7. The van der Waals surface area contributed by atoms with Crippen LogP contribution in [0.25, 0.3) is 5.65 Å². The maximum absolute atomic E-state index is 13.0. The van der Waals surface area contributed by atoms with Crippen molar-refractivity contribution in [2.75, 3.05) is 0 Å². The van der Waals surface area contributed by atoms with Gasteiger partial charge in [-0.3, -0.25) is 14.0 Å². The molecule has 0 fully saturated rings. The number of nitrogens with zero attached hydrogens (tertiary/aromatic N) is 3. The van der Waals surface area contributed by atoms with Crippen LogP contribution >= 0.6 is 11.8 Å². The second-order valence-corrected chi connectivity index (χ2v) is 7.11. The highest BCUT2D eigenvalue weighted by Gasteiger charge is 2.13. The molecule has 0 radical (unpaired) electrons. The molecule has 2 aromatic carbocycles. The highest BCUT2D eigenvalue weighted by atomic mass is 32.2. The van der Waals surface area contributed by atoms with E-state index < -0.39 is 0 Å². The fourth-order valence-corrected chi connectivity index (χ4v) is 3.59. The van der Waals surface area contributed by atoms with Crippen molar-refractivity contribution in [1.82, 2.24) is 14.8 Å². The van der Waals surface area contributed by atoms with Gasteiger partial charge in [0, 0.05) is 16.7 Å². The van der Waals surface area contributed by atoms with Crippen molar-refractivity contribution in [3.63, 3.8) is 0 Å². The van der Waals surface area contributed by atoms with Crippen LogP contribution in [0.4, 0.5) is 0 Å². The SMILES string of the molecule is O=C(NN=Cc1c(Sc2ccccc2)nc2ccccn2c1=O)c1ccccc1. The van der Waals surface area contributed by atoms with Crippen molar-refractivity contribution in [2.24, 2.45) is 5.10 Å². The number of carbonyl (C=O) groups excluding carboxylic acids is 1. The summed E-state index contributed by atoms with van der Waals surface area (Å²) >= 11 is 1.37. The number of aromatic nitrogens is 2. The van der Waals surface area contributed by atoms with Gasteiger partial charge in [0.15, 0.2) is 0 Å². The number of hydrogen-bond acceptors (Lipinski definition) is 5. The minimum Gasteiger partial charge on any atom is -0.268 e. The minimum absolute atomic E-state index is 0.258. The van der Waals surface area contributed by atoms with Gasteiger partial charge in [-0.05, 0) is 36.4 Å². The Morgan fingerprint density at radius 3 is 2.41 bits per heavy atom. The van der Waals surface area contributed by atoms with Crippen molar-refractivity contribution in [2.45, 2.75) is 9.92 Å². The van der Waals surface area contributed by atoms with Crippen LogP contribution in [0.2, 0.25) is 0 Å². The molecule has 0 atom stereocenters. The van der Waals surface area contributed by atoms with E-state index in [0.717, 1.165) is 4.90 Å². The molecule has 0 unspecified atom stereocenters. The van der Waals surface area contributed by atoms with Crippen molar-refractivity contribution in [3.05, 3.63) is 107 Å². The summed E-state index contributed by atoms with van der Waals surface area (Å²) in [6.07, 6.45) is 3.00. The molecule has 0 saturated carbocycles. The third kappa shape index (κ3) is 4.25. The second kappa shape index (κ2) is 8.53. The molecular weight excluding hydrogens is 384 g/mol. The molecule has 4 rings (SSSR count). The summed E-state index contributed by atoms with van der Waals surface area (Å²) in [5.41, 5.74) is 3.53. The Bertz CT molecular complexity index is 1240. The number of pyridine rings is 1. The minimum atomic E-state index is -0.354. The van der Waals surface area contributed by atoms with Gasteiger partial charge < -0.3 is 0 Å². The van der Waals surface area contributed by atoms with Crippen molar-refractivity contribution in [1.29, 1.82) is 0 Å².